The quantitative estimate of drug-likeness (QED) is 0.621. The molecule has 1 fully saturated rings. The topological polar surface area (TPSA) is 37.4 Å². The van der Waals surface area contributed by atoms with E-state index < -0.39 is 10.0 Å². The van der Waals surface area contributed by atoms with E-state index in [2.05, 4.69) is 0 Å². The first-order valence-corrected chi connectivity index (χ1v) is 5.85. The van der Waals surface area contributed by atoms with Gasteiger partial charge in [-0.05, 0) is 12.8 Å². The number of rotatable bonds is 4. The van der Waals surface area contributed by atoms with Crippen LogP contribution in [0.25, 0.3) is 0 Å². The molecule has 0 bridgehead atoms. The van der Waals surface area contributed by atoms with Crippen LogP contribution >= 0.6 is 11.6 Å². The Balaban J connectivity index is 2.39. The molecule has 5 heteroatoms. The van der Waals surface area contributed by atoms with Crippen molar-refractivity contribution in [3.8, 4) is 0 Å². The summed E-state index contributed by atoms with van der Waals surface area (Å²) in [7, 11) is -2.94. The number of hydrogen-bond donors (Lipinski definition) is 0. The molecule has 0 unspecified atom stereocenters. The molecule has 0 atom stereocenters. The van der Waals surface area contributed by atoms with Gasteiger partial charge in [-0.3, -0.25) is 0 Å². The molecule has 0 aromatic rings. The Morgan fingerprint density at radius 1 is 1.36 bits per heavy atom. The van der Waals surface area contributed by atoms with Gasteiger partial charge in [-0.25, -0.2) is 12.7 Å². The SMILES string of the molecule is O=S(=O)(CCCCl)N1CCC1. The first-order chi connectivity index (χ1) is 5.17. The summed E-state index contributed by atoms with van der Waals surface area (Å²) in [5, 5.41) is 0. The Hall–Kier alpha value is 0.200. The van der Waals surface area contributed by atoms with E-state index in [1.54, 1.807) is 0 Å². The van der Waals surface area contributed by atoms with Crippen LogP contribution in [0.15, 0.2) is 0 Å². The summed E-state index contributed by atoms with van der Waals surface area (Å²) in [4.78, 5) is 0. The molecule has 11 heavy (non-hydrogen) atoms. The lowest BCUT2D eigenvalue weighted by Gasteiger charge is -2.29. The molecule has 0 aromatic carbocycles. The number of alkyl halides is 1. The minimum Gasteiger partial charge on any atom is -0.212 e. The van der Waals surface area contributed by atoms with Crippen molar-refractivity contribution < 1.29 is 8.42 Å². The maximum atomic E-state index is 11.2. The van der Waals surface area contributed by atoms with Gasteiger partial charge in [0.2, 0.25) is 10.0 Å². The fraction of sp³-hybridized carbons (Fsp3) is 1.00. The summed E-state index contributed by atoms with van der Waals surface area (Å²) in [6.07, 6.45) is 1.56. The van der Waals surface area contributed by atoms with Crippen LogP contribution in [0.5, 0.6) is 0 Å². The fourth-order valence-corrected chi connectivity index (χ4v) is 2.81. The normalized spacial score (nSPS) is 19.7. The highest BCUT2D eigenvalue weighted by Gasteiger charge is 2.26. The summed E-state index contributed by atoms with van der Waals surface area (Å²) in [6, 6.07) is 0. The van der Waals surface area contributed by atoms with Crippen molar-refractivity contribution in [2.24, 2.45) is 0 Å². The number of sulfonamides is 1. The Bertz CT molecular complexity index is 211. The smallest absolute Gasteiger partial charge is 0.212 e. The van der Waals surface area contributed by atoms with Crippen LogP contribution in [-0.4, -0.2) is 37.4 Å². The molecule has 1 rings (SSSR count). The van der Waals surface area contributed by atoms with Crippen LogP contribution < -0.4 is 0 Å². The molecule has 0 spiro atoms. The lowest BCUT2D eigenvalue weighted by Crippen LogP contribution is -2.43. The van der Waals surface area contributed by atoms with Gasteiger partial charge in [-0.15, -0.1) is 11.6 Å². The van der Waals surface area contributed by atoms with Crippen molar-refractivity contribution >= 4 is 21.6 Å². The molecular formula is C6H12ClNO2S. The third-order valence-corrected chi connectivity index (χ3v) is 3.97. The van der Waals surface area contributed by atoms with Crippen LogP contribution in [-0.2, 0) is 10.0 Å². The molecular weight excluding hydrogens is 186 g/mol. The van der Waals surface area contributed by atoms with Crippen LogP contribution in [0, 0.1) is 0 Å². The number of halogens is 1. The molecule has 1 aliphatic heterocycles. The standard InChI is InChI=1S/C6H12ClNO2S/c7-3-1-6-11(9,10)8-4-2-5-8/h1-6H2. The third kappa shape index (κ3) is 2.32. The highest BCUT2D eigenvalue weighted by atomic mass is 35.5. The van der Waals surface area contributed by atoms with Gasteiger partial charge in [0.15, 0.2) is 0 Å². The van der Waals surface area contributed by atoms with E-state index in [1.807, 2.05) is 0 Å². The average Bonchev–Trinajstić information content (AvgIpc) is 1.78. The Morgan fingerprint density at radius 3 is 2.36 bits per heavy atom. The highest BCUT2D eigenvalue weighted by Crippen LogP contribution is 2.13. The van der Waals surface area contributed by atoms with Crippen LogP contribution in [0.3, 0.4) is 0 Å². The Labute approximate surface area is 72.4 Å². The summed E-state index contributed by atoms with van der Waals surface area (Å²) in [5.74, 6) is 0.629. The predicted molar refractivity (Wildman–Crippen MR) is 45.3 cm³/mol. The van der Waals surface area contributed by atoms with E-state index in [-0.39, 0.29) is 5.75 Å². The van der Waals surface area contributed by atoms with E-state index in [0.717, 1.165) is 6.42 Å². The molecule has 0 saturated carbocycles. The molecule has 1 aliphatic rings. The van der Waals surface area contributed by atoms with Gasteiger partial charge in [0.1, 0.15) is 0 Å². The van der Waals surface area contributed by atoms with Crippen LogP contribution in [0.1, 0.15) is 12.8 Å². The second-order valence-corrected chi connectivity index (χ2v) is 5.08. The van der Waals surface area contributed by atoms with E-state index >= 15 is 0 Å². The summed E-state index contributed by atoms with van der Waals surface area (Å²) in [6.45, 7) is 1.40. The predicted octanol–water partition coefficient (Wildman–Crippen LogP) is 0.651. The summed E-state index contributed by atoms with van der Waals surface area (Å²) < 4.78 is 24.0. The van der Waals surface area contributed by atoms with E-state index in [4.69, 9.17) is 11.6 Å². The van der Waals surface area contributed by atoms with Gasteiger partial charge in [-0.2, -0.15) is 0 Å². The first-order valence-electron chi connectivity index (χ1n) is 3.70. The van der Waals surface area contributed by atoms with Crippen molar-refractivity contribution in [3.63, 3.8) is 0 Å². The number of hydrogen-bond acceptors (Lipinski definition) is 2. The van der Waals surface area contributed by atoms with Gasteiger partial charge in [0.05, 0.1) is 5.75 Å². The van der Waals surface area contributed by atoms with Gasteiger partial charge in [-0.1, -0.05) is 0 Å². The summed E-state index contributed by atoms with van der Waals surface area (Å²) in [5.41, 5.74) is 0. The largest absolute Gasteiger partial charge is 0.214 e. The monoisotopic (exact) mass is 197 g/mol. The van der Waals surface area contributed by atoms with Gasteiger partial charge in [0.25, 0.3) is 0 Å². The third-order valence-electron chi connectivity index (χ3n) is 1.74. The zero-order chi connectivity index (χ0) is 8.32. The van der Waals surface area contributed by atoms with Crippen LogP contribution in [0.2, 0.25) is 0 Å². The maximum absolute atomic E-state index is 11.2. The second kappa shape index (κ2) is 3.74. The molecule has 0 radical (unpaired) electrons. The lowest BCUT2D eigenvalue weighted by molar-refractivity contribution is 0.309. The van der Waals surface area contributed by atoms with Crippen molar-refractivity contribution in [3.05, 3.63) is 0 Å². The number of nitrogens with zero attached hydrogens (tertiary/aromatic N) is 1. The van der Waals surface area contributed by atoms with Crippen molar-refractivity contribution in [1.82, 2.24) is 4.31 Å². The summed E-state index contributed by atoms with van der Waals surface area (Å²) >= 11 is 5.39. The Kier molecular flexibility index (Phi) is 3.16. The zero-order valence-corrected chi connectivity index (χ0v) is 7.86. The molecule has 0 aliphatic carbocycles. The molecule has 0 aromatic heterocycles. The van der Waals surface area contributed by atoms with E-state index in [9.17, 15) is 8.42 Å². The van der Waals surface area contributed by atoms with Crippen molar-refractivity contribution in [1.29, 1.82) is 0 Å². The zero-order valence-electron chi connectivity index (χ0n) is 6.29. The molecule has 0 amide bonds. The molecule has 1 heterocycles. The maximum Gasteiger partial charge on any atom is 0.214 e. The Morgan fingerprint density at radius 2 is 2.00 bits per heavy atom. The first kappa shape index (κ1) is 9.29. The van der Waals surface area contributed by atoms with Gasteiger partial charge >= 0.3 is 0 Å². The van der Waals surface area contributed by atoms with E-state index in [1.165, 1.54) is 4.31 Å². The fourth-order valence-electron chi connectivity index (χ4n) is 0.931. The second-order valence-electron chi connectivity index (χ2n) is 2.61. The molecule has 3 nitrogen and oxygen atoms in total. The molecule has 66 valence electrons. The van der Waals surface area contributed by atoms with Crippen molar-refractivity contribution in [2.75, 3.05) is 24.7 Å². The highest BCUT2D eigenvalue weighted by molar-refractivity contribution is 7.89. The van der Waals surface area contributed by atoms with Crippen LogP contribution in [0.4, 0.5) is 0 Å². The minimum atomic E-state index is -2.94. The van der Waals surface area contributed by atoms with Crippen molar-refractivity contribution in [2.45, 2.75) is 12.8 Å². The van der Waals surface area contributed by atoms with Gasteiger partial charge in [0, 0.05) is 19.0 Å². The molecule has 0 N–H and O–H groups in total. The lowest BCUT2D eigenvalue weighted by atomic mass is 10.3. The van der Waals surface area contributed by atoms with Gasteiger partial charge < -0.3 is 0 Å². The minimum absolute atomic E-state index is 0.205. The van der Waals surface area contributed by atoms with E-state index in [0.29, 0.717) is 25.4 Å². The molecule has 1 saturated heterocycles. The average molecular weight is 198 g/mol.